The van der Waals surface area contributed by atoms with Crippen LogP contribution in [0, 0.1) is 11.8 Å². The third-order valence-corrected chi connectivity index (χ3v) is 4.65. The highest BCUT2D eigenvalue weighted by Gasteiger charge is 2.63. The second-order valence-corrected chi connectivity index (χ2v) is 5.54. The van der Waals surface area contributed by atoms with Crippen LogP contribution >= 0.6 is 11.3 Å². The lowest BCUT2D eigenvalue weighted by Gasteiger charge is -2.14. The fourth-order valence-corrected chi connectivity index (χ4v) is 3.88. The summed E-state index contributed by atoms with van der Waals surface area (Å²) in [5.74, 6) is -0.764. The normalized spacial score (nSPS) is 39.2. The van der Waals surface area contributed by atoms with Gasteiger partial charge in [-0.1, -0.05) is 0 Å². The average Bonchev–Trinajstić information content (AvgIpc) is 3.03. The van der Waals surface area contributed by atoms with Gasteiger partial charge < -0.3 is 4.74 Å². The molecule has 0 saturated carbocycles. The van der Waals surface area contributed by atoms with Gasteiger partial charge in [0.05, 0.1) is 24.0 Å². The molecule has 4 atom stereocenters. The molecule has 5 nitrogen and oxygen atoms in total. The van der Waals surface area contributed by atoms with E-state index in [-0.39, 0.29) is 35.9 Å². The first-order valence-corrected chi connectivity index (χ1v) is 6.58. The summed E-state index contributed by atoms with van der Waals surface area (Å²) in [6.07, 6.45) is 3.31. The minimum absolute atomic E-state index is 0.0496. The molecule has 0 radical (unpaired) electrons. The molecule has 0 aromatic carbocycles. The number of amides is 2. The summed E-state index contributed by atoms with van der Waals surface area (Å²) in [6.45, 7) is 0. The zero-order chi connectivity index (χ0) is 11.6. The van der Waals surface area contributed by atoms with Crippen LogP contribution in [-0.2, 0) is 14.3 Å². The Morgan fingerprint density at radius 2 is 1.88 bits per heavy atom. The van der Waals surface area contributed by atoms with Gasteiger partial charge in [0.1, 0.15) is 0 Å². The van der Waals surface area contributed by atoms with Crippen LogP contribution in [0.2, 0.25) is 0 Å². The van der Waals surface area contributed by atoms with E-state index in [1.165, 1.54) is 16.2 Å². The molecule has 0 N–H and O–H groups in total. The number of hydrogen-bond donors (Lipinski definition) is 0. The van der Waals surface area contributed by atoms with Gasteiger partial charge in [0.2, 0.25) is 11.8 Å². The number of fused-ring (bicyclic) bond motifs is 5. The first-order valence-electron chi connectivity index (χ1n) is 5.70. The van der Waals surface area contributed by atoms with Crippen molar-refractivity contribution in [3.05, 3.63) is 11.6 Å². The van der Waals surface area contributed by atoms with Crippen LogP contribution in [0.5, 0.6) is 0 Å². The molecule has 6 heteroatoms. The largest absolute Gasteiger partial charge is 0.373 e. The van der Waals surface area contributed by atoms with Crippen molar-refractivity contribution in [3.8, 4) is 0 Å². The van der Waals surface area contributed by atoms with Gasteiger partial charge in [0, 0.05) is 11.6 Å². The Bertz CT molecular complexity index is 473. The van der Waals surface area contributed by atoms with Crippen molar-refractivity contribution in [3.63, 3.8) is 0 Å². The van der Waals surface area contributed by atoms with E-state index in [9.17, 15) is 9.59 Å². The number of thiazole rings is 1. The second kappa shape index (κ2) is 3.14. The minimum Gasteiger partial charge on any atom is -0.373 e. The van der Waals surface area contributed by atoms with Gasteiger partial charge in [-0.05, 0) is 12.8 Å². The Balaban J connectivity index is 1.77. The van der Waals surface area contributed by atoms with E-state index in [2.05, 4.69) is 4.98 Å². The molecule has 17 heavy (non-hydrogen) atoms. The third-order valence-electron chi connectivity index (χ3n) is 3.89. The molecule has 0 aliphatic carbocycles. The summed E-state index contributed by atoms with van der Waals surface area (Å²) in [4.78, 5) is 29.9. The lowest BCUT2D eigenvalue weighted by molar-refractivity contribution is -0.124. The van der Waals surface area contributed by atoms with Crippen molar-refractivity contribution < 1.29 is 14.3 Å². The van der Waals surface area contributed by atoms with E-state index in [0.717, 1.165) is 12.8 Å². The average molecular weight is 250 g/mol. The van der Waals surface area contributed by atoms with Crippen LogP contribution in [0.3, 0.4) is 0 Å². The van der Waals surface area contributed by atoms with E-state index in [1.807, 2.05) is 0 Å². The lowest BCUT2D eigenvalue weighted by atomic mass is 9.81. The highest BCUT2D eigenvalue weighted by atomic mass is 32.1. The Morgan fingerprint density at radius 3 is 2.41 bits per heavy atom. The van der Waals surface area contributed by atoms with Gasteiger partial charge in [-0.3, -0.25) is 9.59 Å². The van der Waals surface area contributed by atoms with Crippen molar-refractivity contribution in [2.24, 2.45) is 11.8 Å². The fourth-order valence-electron chi connectivity index (χ4n) is 3.23. The minimum atomic E-state index is -0.259. The fraction of sp³-hybridized carbons (Fsp3) is 0.545. The number of imide groups is 1. The first kappa shape index (κ1) is 9.73. The van der Waals surface area contributed by atoms with Crippen molar-refractivity contribution in [1.82, 2.24) is 4.98 Å². The van der Waals surface area contributed by atoms with Crippen molar-refractivity contribution in [1.29, 1.82) is 0 Å². The van der Waals surface area contributed by atoms with Gasteiger partial charge in [-0.2, -0.15) is 0 Å². The molecular weight excluding hydrogens is 240 g/mol. The molecule has 3 fully saturated rings. The summed E-state index contributed by atoms with van der Waals surface area (Å²) in [5.41, 5.74) is 0. The number of hydrogen-bond acceptors (Lipinski definition) is 5. The zero-order valence-electron chi connectivity index (χ0n) is 8.91. The number of nitrogens with zero attached hydrogens (tertiary/aromatic N) is 2. The van der Waals surface area contributed by atoms with Gasteiger partial charge in [0.25, 0.3) is 0 Å². The summed E-state index contributed by atoms with van der Waals surface area (Å²) < 4.78 is 5.66. The third kappa shape index (κ3) is 1.09. The van der Waals surface area contributed by atoms with Gasteiger partial charge in [-0.25, -0.2) is 9.88 Å². The van der Waals surface area contributed by atoms with Crippen LogP contribution in [-0.4, -0.2) is 29.0 Å². The Kier molecular flexibility index (Phi) is 1.80. The molecule has 88 valence electrons. The lowest BCUT2D eigenvalue weighted by Crippen LogP contribution is -2.34. The molecule has 3 aliphatic rings. The predicted octanol–water partition coefficient (Wildman–Crippen LogP) is 0.810. The molecule has 1 aromatic rings. The molecule has 3 aliphatic heterocycles. The number of anilines is 1. The Labute approximate surface area is 101 Å². The van der Waals surface area contributed by atoms with Crippen LogP contribution in [0.4, 0.5) is 5.13 Å². The molecule has 3 saturated heterocycles. The maximum absolute atomic E-state index is 12.3. The number of carbonyl (C=O) groups excluding carboxylic acids is 2. The summed E-state index contributed by atoms with van der Waals surface area (Å²) in [5, 5.41) is 2.27. The van der Waals surface area contributed by atoms with Crippen LogP contribution < -0.4 is 4.90 Å². The summed E-state index contributed by atoms with van der Waals surface area (Å²) >= 11 is 1.32. The summed E-state index contributed by atoms with van der Waals surface area (Å²) in [7, 11) is 0. The van der Waals surface area contributed by atoms with Crippen molar-refractivity contribution in [2.75, 3.05) is 4.90 Å². The molecule has 2 amide bonds. The summed E-state index contributed by atoms with van der Waals surface area (Å²) in [6, 6.07) is 0. The molecule has 0 unspecified atom stereocenters. The number of carbonyl (C=O) groups is 2. The predicted molar refractivity (Wildman–Crippen MR) is 59.5 cm³/mol. The number of rotatable bonds is 1. The van der Waals surface area contributed by atoms with Gasteiger partial charge >= 0.3 is 0 Å². The zero-order valence-corrected chi connectivity index (χ0v) is 9.72. The van der Waals surface area contributed by atoms with Crippen LogP contribution in [0.15, 0.2) is 11.6 Å². The highest BCUT2D eigenvalue weighted by molar-refractivity contribution is 7.14. The Morgan fingerprint density at radius 1 is 1.24 bits per heavy atom. The van der Waals surface area contributed by atoms with Gasteiger partial charge in [0.15, 0.2) is 5.13 Å². The van der Waals surface area contributed by atoms with Gasteiger partial charge in [-0.15, -0.1) is 11.3 Å². The van der Waals surface area contributed by atoms with E-state index in [4.69, 9.17) is 4.74 Å². The smallest absolute Gasteiger partial charge is 0.242 e. The van der Waals surface area contributed by atoms with E-state index in [0.29, 0.717) is 5.13 Å². The molecule has 4 heterocycles. The maximum atomic E-state index is 12.3. The topological polar surface area (TPSA) is 59.5 Å². The quantitative estimate of drug-likeness (QED) is 0.692. The highest BCUT2D eigenvalue weighted by Crippen LogP contribution is 2.49. The Hall–Kier alpha value is -1.27. The maximum Gasteiger partial charge on any atom is 0.242 e. The molecule has 4 rings (SSSR count). The van der Waals surface area contributed by atoms with E-state index in [1.54, 1.807) is 11.6 Å². The molecular formula is C11H10N2O3S. The van der Waals surface area contributed by atoms with Crippen LogP contribution in [0.25, 0.3) is 0 Å². The van der Waals surface area contributed by atoms with Crippen molar-refractivity contribution >= 4 is 28.3 Å². The number of aromatic nitrogens is 1. The molecule has 2 bridgehead atoms. The monoisotopic (exact) mass is 250 g/mol. The second-order valence-electron chi connectivity index (χ2n) is 4.67. The van der Waals surface area contributed by atoms with Crippen molar-refractivity contribution in [2.45, 2.75) is 25.0 Å². The first-order chi connectivity index (χ1) is 8.27. The standard InChI is InChI=1S/C11H10N2O3S/c14-9-7-5-1-2-6(16-5)8(7)10(15)13(9)11-12-3-4-17-11/h3-8H,1-2H2/t5-,6+,7-,8-/m0/s1. The molecule has 0 spiro atoms. The molecule has 1 aromatic heterocycles. The van der Waals surface area contributed by atoms with E-state index >= 15 is 0 Å². The van der Waals surface area contributed by atoms with E-state index < -0.39 is 0 Å². The number of ether oxygens (including phenoxy) is 1. The van der Waals surface area contributed by atoms with Crippen LogP contribution in [0.1, 0.15) is 12.8 Å². The SMILES string of the molecule is O=C1[C@@H]2[C@@H](C(=O)N1c1nccs1)[C@H]1CC[C@@H]2O1.